The van der Waals surface area contributed by atoms with Gasteiger partial charge in [0.15, 0.2) is 5.78 Å². The topological polar surface area (TPSA) is 72.2 Å². The van der Waals surface area contributed by atoms with Crippen LogP contribution < -0.4 is 11.1 Å². The number of carbonyl (C=O) groups excluding carboxylic acids is 2. The molecule has 0 aliphatic carbocycles. The molecule has 1 aromatic rings. The van der Waals surface area contributed by atoms with E-state index in [2.05, 4.69) is 5.32 Å². The monoisotopic (exact) mass is 256 g/mol. The minimum absolute atomic E-state index is 0.0460. The van der Waals surface area contributed by atoms with E-state index in [-0.39, 0.29) is 24.3 Å². The van der Waals surface area contributed by atoms with Crippen molar-refractivity contribution < 1.29 is 18.4 Å². The van der Waals surface area contributed by atoms with Gasteiger partial charge in [0.2, 0.25) is 5.91 Å². The number of rotatable bonds is 6. The van der Waals surface area contributed by atoms with Crippen molar-refractivity contribution in [2.24, 2.45) is 5.73 Å². The van der Waals surface area contributed by atoms with Crippen molar-refractivity contribution >= 4 is 11.7 Å². The van der Waals surface area contributed by atoms with Crippen molar-refractivity contribution in [1.29, 1.82) is 0 Å². The Morgan fingerprint density at radius 1 is 1.22 bits per heavy atom. The van der Waals surface area contributed by atoms with Crippen LogP contribution in [0.15, 0.2) is 18.2 Å². The third kappa shape index (κ3) is 4.21. The number of nitrogens with two attached hydrogens (primary N) is 1. The zero-order valence-corrected chi connectivity index (χ0v) is 9.71. The van der Waals surface area contributed by atoms with Gasteiger partial charge in [-0.15, -0.1) is 0 Å². The first kappa shape index (κ1) is 14.2. The second kappa shape index (κ2) is 6.80. The van der Waals surface area contributed by atoms with Crippen molar-refractivity contribution in [3.05, 3.63) is 35.4 Å². The molecular formula is C12H14F2N2O2. The molecule has 0 spiro atoms. The Bertz CT molecular complexity index is 450. The Labute approximate surface area is 103 Å². The zero-order valence-electron chi connectivity index (χ0n) is 9.71. The minimum atomic E-state index is -0.914. The molecule has 0 fully saturated rings. The summed E-state index contributed by atoms with van der Waals surface area (Å²) in [6, 6.07) is 2.72. The molecule has 1 aromatic carbocycles. The van der Waals surface area contributed by atoms with E-state index in [1.807, 2.05) is 0 Å². The number of hydrogen-bond donors (Lipinski definition) is 2. The molecule has 4 nitrogen and oxygen atoms in total. The van der Waals surface area contributed by atoms with Crippen molar-refractivity contribution in [2.75, 3.05) is 13.1 Å². The van der Waals surface area contributed by atoms with Crippen molar-refractivity contribution in [1.82, 2.24) is 5.32 Å². The second-order valence-corrected chi connectivity index (χ2v) is 3.69. The maximum atomic E-state index is 13.3. The molecule has 0 aliphatic rings. The largest absolute Gasteiger partial charge is 0.355 e. The van der Waals surface area contributed by atoms with Crippen LogP contribution in [0.25, 0.3) is 0 Å². The summed E-state index contributed by atoms with van der Waals surface area (Å²) in [4.78, 5) is 22.8. The molecule has 3 N–H and O–H groups in total. The number of carbonyl (C=O) groups is 2. The van der Waals surface area contributed by atoms with E-state index in [1.165, 1.54) is 0 Å². The van der Waals surface area contributed by atoms with Crippen LogP contribution >= 0.6 is 0 Å². The quantitative estimate of drug-likeness (QED) is 0.746. The summed E-state index contributed by atoms with van der Waals surface area (Å²) < 4.78 is 25.9. The van der Waals surface area contributed by atoms with Crippen molar-refractivity contribution in [3.8, 4) is 0 Å². The van der Waals surface area contributed by atoms with Gasteiger partial charge in [0, 0.05) is 32.0 Å². The first-order chi connectivity index (χ1) is 8.54. The van der Waals surface area contributed by atoms with Crippen LogP contribution in [-0.4, -0.2) is 24.8 Å². The molecule has 1 amide bonds. The highest BCUT2D eigenvalue weighted by Gasteiger charge is 2.13. The summed E-state index contributed by atoms with van der Waals surface area (Å²) in [6.45, 7) is 0.643. The molecule has 0 atom stereocenters. The molecular weight excluding hydrogens is 242 g/mol. The van der Waals surface area contributed by atoms with Gasteiger partial charge in [-0.05, 0) is 12.1 Å². The standard InChI is InChI=1S/C12H14F2N2O2/c13-8-1-2-9(10(14)7-8)11(17)3-4-12(18)16-6-5-15/h1-2,7H,3-6,15H2,(H,16,18). The Morgan fingerprint density at radius 2 is 1.94 bits per heavy atom. The number of benzene rings is 1. The summed E-state index contributed by atoms with van der Waals surface area (Å²) in [5.74, 6) is -2.51. The number of ketones is 1. The third-order valence-corrected chi connectivity index (χ3v) is 2.28. The van der Waals surface area contributed by atoms with Crippen LogP contribution in [0.1, 0.15) is 23.2 Å². The molecule has 0 heterocycles. The van der Waals surface area contributed by atoms with Gasteiger partial charge in [0.25, 0.3) is 0 Å². The highest BCUT2D eigenvalue weighted by atomic mass is 19.1. The molecule has 0 saturated heterocycles. The summed E-state index contributed by atoms with van der Waals surface area (Å²) in [7, 11) is 0. The van der Waals surface area contributed by atoms with E-state index < -0.39 is 17.4 Å². The fourth-order valence-electron chi connectivity index (χ4n) is 1.38. The van der Waals surface area contributed by atoms with Gasteiger partial charge < -0.3 is 11.1 Å². The van der Waals surface area contributed by atoms with Crippen LogP contribution in [0.2, 0.25) is 0 Å². The smallest absolute Gasteiger partial charge is 0.220 e. The Hall–Kier alpha value is -1.82. The van der Waals surface area contributed by atoms with Gasteiger partial charge in [0.05, 0.1) is 5.56 Å². The molecule has 18 heavy (non-hydrogen) atoms. The van der Waals surface area contributed by atoms with Gasteiger partial charge in [-0.2, -0.15) is 0 Å². The average molecular weight is 256 g/mol. The average Bonchev–Trinajstić information content (AvgIpc) is 2.33. The van der Waals surface area contributed by atoms with Crippen LogP contribution in [0.4, 0.5) is 8.78 Å². The molecule has 0 bridgehead atoms. The van der Waals surface area contributed by atoms with Gasteiger partial charge in [-0.3, -0.25) is 9.59 Å². The summed E-state index contributed by atoms with van der Waals surface area (Å²) in [5, 5.41) is 2.49. The van der Waals surface area contributed by atoms with E-state index >= 15 is 0 Å². The molecule has 6 heteroatoms. The first-order valence-electron chi connectivity index (χ1n) is 5.49. The molecule has 0 aliphatic heterocycles. The van der Waals surface area contributed by atoms with Gasteiger partial charge in [0.1, 0.15) is 11.6 Å². The number of nitrogens with one attached hydrogen (secondary N) is 1. The lowest BCUT2D eigenvalue weighted by Gasteiger charge is -2.04. The molecule has 1 rings (SSSR count). The van der Waals surface area contributed by atoms with E-state index in [0.717, 1.165) is 12.1 Å². The van der Waals surface area contributed by atoms with E-state index in [0.29, 0.717) is 19.2 Å². The highest BCUT2D eigenvalue weighted by molar-refractivity contribution is 5.98. The van der Waals surface area contributed by atoms with Crippen LogP contribution in [0.3, 0.4) is 0 Å². The second-order valence-electron chi connectivity index (χ2n) is 3.69. The van der Waals surface area contributed by atoms with E-state index in [4.69, 9.17) is 5.73 Å². The van der Waals surface area contributed by atoms with Gasteiger partial charge in [-0.1, -0.05) is 0 Å². The SMILES string of the molecule is NCCNC(=O)CCC(=O)c1ccc(F)cc1F. The highest BCUT2D eigenvalue weighted by Crippen LogP contribution is 2.12. The number of Topliss-reactive ketones (excluding diaryl/α,β-unsaturated/α-hetero) is 1. The molecule has 0 unspecified atom stereocenters. The lowest BCUT2D eigenvalue weighted by Crippen LogP contribution is -2.29. The lowest BCUT2D eigenvalue weighted by molar-refractivity contribution is -0.121. The number of amides is 1. The molecule has 98 valence electrons. The van der Waals surface area contributed by atoms with Crippen LogP contribution in [0.5, 0.6) is 0 Å². The lowest BCUT2D eigenvalue weighted by atomic mass is 10.1. The van der Waals surface area contributed by atoms with Crippen LogP contribution in [0, 0.1) is 11.6 Å². The fourth-order valence-corrected chi connectivity index (χ4v) is 1.38. The Balaban J connectivity index is 2.53. The van der Waals surface area contributed by atoms with E-state index in [9.17, 15) is 18.4 Å². The maximum Gasteiger partial charge on any atom is 0.220 e. The minimum Gasteiger partial charge on any atom is -0.355 e. The Morgan fingerprint density at radius 3 is 2.56 bits per heavy atom. The normalized spacial score (nSPS) is 10.2. The predicted molar refractivity (Wildman–Crippen MR) is 62.0 cm³/mol. The zero-order chi connectivity index (χ0) is 13.5. The predicted octanol–water partition coefficient (Wildman–Crippen LogP) is 1.00. The van der Waals surface area contributed by atoms with Gasteiger partial charge >= 0.3 is 0 Å². The van der Waals surface area contributed by atoms with Crippen LogP contribution in [-0.2, 0) is 4.79 Å². The van der Waals surface area contributed by atoms with E-state index in [1.54, 1.807) is 0 Å². The van der Waals surface area contributed by atoms with Crippen molar-refractivity contribution in [3.63, 3.8) is 0 Å². The Kier molecular flexibility index (Phi) is 5.38. The molecule has 0 saturated carbocycles. The summed E-state index contributed by atoms with van der Waals surface area (Å²) in [6.07, 6.45) is -0.172. The molecule has 0 aromatic heterocycles. The third-order valence-electron chi connectivity index (χ3n) is 2.28. The number of hydrogen-bond acceptors (Lipinski definition) is 3. The maximum absolute atomic E-state index is 13.3. The summed E-state index contributed by atoms with van der Waals surface area (Å²) in [5.41, 5.74) is 4.99. The summed E-state index contributed by atoms with van der Waals surface area (Å²) >= 11 is 0. The number of halogens is 2. The first-order valence-corrected chi connectivity index (χ1v) is 5.49. The van der Waals surface area contributed by atoms with Gasteiger partial charge in [-0.25, -0.2) is 8.78 Å². The van der Waals surface area contributed by atoms with Crippen molar-refractivity contribution in [2.45, 2.75) is 12.8 Å². The molecule has 0 radical (unpaired) electrons. The fraction of sp³-hybridized carbons (Fsp3) is 0.333.